The van der Waals surface area contributed by atoms with E-state index in [2.05, 4.69) is 26.2 Å². The van der Waals surface area contributed by atoms with Gasteiger partial charge in [-0.05, 0) is 28.9 Å². The number of nitrogens with one attached hydrogen (secondary N) is 1. The highest BCUT2D eigenvalue weighted by Crippen LogP contribution is 2.22. The minimum absolute atomic E-state index is 0.0577. The minimum atomic E-state index is -0.335. The van der Waals surface area contributed by atoms with Crippen molar-refractivity contribution < 1.29 is 9.53 Å². The van der Waals surface area contributed by atoms with Crippen molar-refractivity contribution in [1.29, 1.82) is 0 Å². The van der Waals surface area contributed by atoms with Gasteiger partial charge in [0.1, 0.15) is 12.4 Å². The Kier molecular flexibility index (Phi) is 4.84. The zero-order valence-corrected chi connectivity index (χ0v) is 10.4. The van der Waals surface area contributed by atoms with Crippen LogP contribution in [0.4, 0.5) is 5.82 Å². The van der Waals surface area contributed by atoms with E-state index < -0.39 is 0 Å². The van der Waals surface area contributed by atoms with Gasteiger partial charge >= 0.3 is 5.97 Å². The van der Waals surface area contributed by atoms with Crippen LogP contribution < -0.4 is 5.32 Å². The van der Waals surface area contributed by atoms with Gasteiger partial charge in [-0.2, -0.15) is 0 Å². The number of anilines is 1. The summed E-state index contributed by atoms with van der Waals surface area (Å²) in [6, 6.07) is 1.70. The standard InChI is InChI=1S/C9H10BrClN2O2/c1-2-15-8(14)5-13-9-7(11)3-6(10)4-12-9/h3-4H,2,5H2,1H3,(H,12,13). The molecule has 0 amide bonds. The van der Waals surface area contributed by atoms with Crippen LogP contribution in [0.1, 0.15) is 6.92 Å². The molecule has 0 fully saturated rings. The molecule has 82 valence electrons. The van der Waals surface area contributed by atoms with Crippen LogP contribution in [0, 0.1) is 0 Å². The first-order chi connectivity index (χ1) is 7.13. The van der Waals surface area contributed by atoms with Gasteiger partial charge in [-0.15, -0.1) is 0 Å². The van der Waals surface area contributed by atoms with Crippen molar-refractivity contribution in [2.24, 2.45) is 0 Å². The van der Waals surface area contributed by atoms with Crippen LogP contribution in [0.15, 0.2) is 16.7 Å². The Bertz CT molecular complexity index is 360. The maximum atomic E-state index is 11.0. The average molecular weight is 294 g/mol. The number of hydrogen-bond donors (Lipinski definition) is 1. The average Bonchev–Trinajstić information content (AvgIpc) is 2.17. The normalized spacial score (nSPS) is 9.80. The first kappa shape index (κ1) is 12.3. The van der Waals surface area contributed by atoms with E-state index in [4.69, 9.17) is 16.3 Å². The summed E-state index contributed by atoms with van der Waals surface area (Å²) in [4.78, 5) is 15.0. The van der Waals surface area contributed by atoms with Crippen molar-refractivity contribution in [2.45, 2.75) is 6.92 Å². The van der Waals surface area contributed by atoms with Gasteiger partial charge in [0, 0.05) is 10.7 Å². The second kappa shape index (κ2) is 5.92. The molecule has 0 aliphatic rings. The summed E-state index contributed by atoms with van der Waals surface area (Å²) in [5.41, 5.74) is 0. The fourth-order valence-corrected chi connectivity index (χ4v) is 1.61. The molecule has 15 heavy (non-hydrogen) atoms. The van der Waals surface area contributed by atoms with Crippen molar-refractivity contribution in [3.8, 4) is 0 Å². The molecule has 0 aliphatic carbocycles. The zero-order chi connectivity index (χ0) is 11.3. The Balaban J connectivity index is 2.54. The van der Waals surface area contributed by atoms with Gasteiger partial charge in [0.2, 0.25) is 0 Å². The Hall–Kier alpha value is -0.810. The van der Waals surface area contributed by atoms with E-state index in [0.29, 0.717) is 17.4 Å². The van der Waals surface area contributed by atoms with E-state index in [9.17, 15) is 4.79 Å². The van der Waals surface area contributed by atoms with Crippen LogP contribution in [0.25, 0.3) is 0 Å². The molecule has 0 bridgehead atoms. The minimum Gasteiger partial charge on any atom is -0.465 e. The largest absolute Gasteiger partial charge is 0.465 e. The van der Waals surface area contributed by atoms with E-state index in [-0.39, 0.29) is 12.5 Å². The maximum absolute atomic E-state index is 11.0. The van der Waals surface area contributed by atoms with Gasteiger partial charge in [-0.1, -0.05) is 11.6 Å². The summed E-state index contributed by atoms with van der Waals surface area (Å²) < 4.78 is 5.53. The smallest absolute Gasteiger partial charge is 0.325 e. The predicted octanol–water partition coefficient (Wildman–Crippen LogP) is 2.47. The fraction of sp³-hybridized carbons (Fsp3) is 0.333. The number of rotatable bonds is 4. The van der Waals surface area contributed by atoms with Gasteiger partial charge in [0.25, 0.3) is 0 Å². The van der Waals surface area contributed by atoms with Gasteiger partial charge in [0.15, 0.2) is 0 Å². The van der Waals surface area contributed by atoms with Gasteiger partial charge in [0.05, 0.1) is 11.6 Å². The molecule has 0 saturated carbocycles. The topological polar surface area (TPSA) is 51.2 Å². The van der Waals surface area contributed by atoms with Crippen molar-refractivity contribution in [2.75, 3.05) is 18.5 Å². The highest BCUT2D eigenvalue weighted by molar-refractivity contribution is 9.10. The van der Waals surface area contributed by atoms with E-state index in [0.717, 1.165) is 4.47 Å². The molecule has 1 heterocycles. The quantitative estimate of drug-likeness (QED) is 0.867. The number of pyridine rings is 1. The molecule has 0 aromatic carbocycles. The molecule has 0 spiro atoms. The molecule has 1 aromatic rings. The monoisotopic (exact) mass is 292 g/mol. The molecule has 0 atom stereocenters. The van der Waals surface area contributed by atoms with E-state index >= 15 is 0 Å². The number of nitrogens with zero attached hydrogens (tertiary/aromatic N) is 1. The van der Waals surface area contributed by atoms with Gasteiger partial charge < -0.3 is 10.1 Å². The number of esters is 1. The van der Waals surface area contributed by atoms with Crippen molar-refractivity contribution in [3.05, 3.63) is 21.8 Å². The zero-order valence-electron chi connectivity index (χ0n) is 8.09. The molecular formula is C9H10BrClN2O2. The predicted molar refractivity (Wildman–Crippen MR) is 62.1 cm³/mol. The summed E-state index contributed by atoms with van der Waals surface area (Å²) in [5, 5.41) is 3.24. The van der Waals surface area contributed by atoms with Gasteiger partial charge in [-0.25, -0.2) is 4.98 Å². The third-order valence-electron chi connectivity index (χ3n) is 1.51. The SMILES string of the molecule is CCOC(=O)CNc1ncc(Br)cc1Cl. The lowest BCUT2D eigenvalue weighted by Gasteiger charge is -2.06. The Morgan fingerprint density at radius 2 is 2.47 bits per heavy atom. The first-order valence-corrected chi connectivity index (χ1v) is 5.51. The second-order valence-electron chi connectivity index (χ2n) is 2.64. The third kappa shape index (κ3) is 4.05. The van der Waals surface area contributed by atoms with Crippen LogP contribution in [-0.4, -0.2) is 24.1 Å². The van der Waals surface area contributed by atoms with E-state index in [1.165, 1.54) is 0 Å². The van der Waals surface area contributed by atoms with Crippen molar-refractivity contribution in [3.63, 3.8) is 0 Å². The van der Waals surface area contributed by atoms with E-state index in [1.54, 1.807) is 19.2 Å². The van der Waals surface area contributed by atoms with Crippen LogP contribution in [0.3, 0.4) is 0 Å². The summed E-state index contributed by atoms with van der Waals surface area (Å²) in [6.07, 6.45) is 1.60. The van der Waals surface area contributed by atoms with Crippen molar-refractivity contribution >= 4 is 39.3 Å². The first-order valence-electron chi connectivity index (χ1n) is 4.34. The molecule has 6 heteroatoms. The number of aromatic nitrogens is 1. The third-order valence-corrected chi connectivity index (χ3v) is 2.24. The summed E-state index contributed by atoms with van der Waals surface area (Å²) in [7, 11) is 0. The number of carbonyl (C=O) groups is 1. The lowest BCUT2D eigenvalue weighted by Crippen LogP contribution is -2.17. The second-order valence-corrected chi connectivity index (χ2v) is 3.97. The van der Waals surface area contributed by atoms with Crippen LogP contribution >= 0.6 is 27.5 Å². The molecule has 1 aromatic heterocycles. The Morgan fingerprint density at radius 1 is 1.73 bits per heavy atom. The Labute approximate surface area is 101 Å². The molecule has 1 N–H and O–H groups in total. The number of hydrogen-bond acceptors (Lipinski definition) is 4. The summed E-state index contributed by atoms with van der Waals surface area (Å²) in [5.74, 6) is 0.131. The molecule has 0 unspecified atom stereocenters. The van der Waals surface area contributed by atoms with Gasteiger partial charge in [-0.3, -0.25) is 4.79 Å². The number of halogens is 2. The lowest BCUT2D eigenvalue weighted by molar-refractivity contribution is -0.140. The van der Waals surface area contributed by atoms with Crippen LogP contribution in [0.5, 0.6) is 0 Å². The molecule has 0 saturated heterocycles. The highest BCUT2D eigenvalue weighted by atomic mass is 79.9. The maximum Gasteiger partial charge on any atom is 0.325 e. The van der Waals surface area contributed by atoms with E-state index in [1.807, 2.05) is 0 Å². The van der Waals surface area contributed by atoms with Crippen molar-refractivity contribution in [1.82, 2.24) is 4.98 Å². The Morgan fingerprint density at radius 3 is 3.07 bits per heavy atom. The lowest BCUT2D eigenvalue weighted by atomic mass is 10.4. The fourth-order valence-electron chi connectivity index (χ4n) is 0.913. The van der Waals surface area contributed by atoms with Crippen LogP contribution in [0.2, 0.25) is 5.02 Å². The van der Waals surface area contributed by atoms with Crippen LogP contribution in [-0.2, 0) is 9.53 Å². The molecule has 1 rings (SSSR count). The molecular weight excluding hydrogens is 283 g/mol. The molecule has 0 radical (unpaired) electrons. The summed E-state index contributed by atoms with van der Waals surface area (Å²) in [6.45, 7) is 2.17. The molecule has 4 nitrogen and oxygen atoms in total. The number of ether oxygens (including phenoxy) is 1. The molecule has 0 aliphatic heterocycles. The summed E-state index contributed by atoms with van der Waals surface area (Å²) >= 11 is 9.12. The number of carbonyl (C=O) groups excluding carboxylic acids is 1. The highest BCUT2D eigenvalue weighted by Gasteiger charge is 2.05.